The van der Waals surface area contributed by atoms with Crippen molar-refractivity contribution in [3.8, 4) is 0 Å². The minimum Gasteiger partial charge on any atom is -0.351 e. The maximum absolute atomic E-state index is 12.0. The highest BCUT2D eigenvalue weighted by molar-refractivity contribution is 5.87. The highest BCUT2D eigenvalue weighted by Gasteiger charge is 2.17. The fourth-order valence-electron chi connectivity index (χ4n) is 2.75. The fraction of sp³-hybridized carbons (Fsp3) is 0.500. The van der Waals surface area contributed by atoms with E-state index in [2.05, 4.69) is 16.0 Å². The molecule has 1 fully saturated rings. The molecule has 0 spiro atoms. The molecule has 1 aromatic rings. The fourth-order valence-corrected chi connectivity index (χ4v) is 2.75. The summed E-state index contributed by atoms with van der Waals surface area (Å²) in [4.78, 5) is 22.8. The molecule has 1 saturated carbocycles. The van der Waals surface area contributed by atoms with E-state index in [4.69, 9.17) is 5.73 Å². The van der Waals surface area contributed by atoms with Gasteiger partial charge in [-0.3, -0.25) is 0 Å². The third kappa shape index (κ3) is 4.95. The molecule has 6 heteroatoms. The summed E-state index contributed by atoms with van der Waals surface area (Å²) in [5.74, 6) is 0. The Labute approximate surface area is 130 Å². The number of nitrogens with one attached hydrogen (secondary N) is 3. The topological polar surface area (TPSA) is 96.2 Å². The van der Waals surface area contributed by atoms with E-state index < -0.39 is 6.03 Å². The SMILES string of the molecule is CC(NC(=O)NC1CCCCC1)c1ccc(NC(N)=O)cc1. The maximum Gasteiger partial charge on any atom is 0.316 e. The van der Waals surface area contributed by atoms with Crippen LogP contribution in [0.4, 0.5) is 15.3 Å². The molecule has 1 atom stereocenters. The Hall–Kier alpha value is -2.24. The maximum atomic E-state index is 12.0. The minimum atomic E-state index is -0.592. The van der Waals surface area contributed by atoms with Gasteiger partial charge in [-0.15, -0.1) is 0 Å². The summed E-state index contributed by atoms with van der Waals surface area (Å²) in [6.45, 7) is 1.93. The molecule has 0 heterocycles. The molecule has 0 saturated heterocycles. The summed E-state index contributed by atoms with van der Waals surface area (Å²) in [5.41, 5.74) is 6.66. The lowest BCUT2D eigenvalue weighted by Crippen LogP contribution is -2.43. The molecule has 0 radical (unpaired) electrons. The average molecular weight is 304 g/mol. The van der Waals surface area contributed by atoms with E-state index in [9.17, 15) is 9.59 Å². The number of rotatable bonds is 4. The molecule has 120 valence electrons. The summed E-state index contributed by atoms with van der Waals surface area (Å²) in [6.07, 6.45) is 5.77. The summed E-state index contributed by atoms with van der Waals surface area (Å²) in [7, 11) is 0. The van der Waals surface area contributed by atoms with Gasteiger partial charge in [-0.1, -0.05) is 31.4 Å². The standard InChI is InChI=1S/C16H24N4O2/c1-11(12-7-9-14(10-8-12)19-15(17)21)18-16(22)20-13-5-3-2-4-6-13/h7-11,13H,2-6H2,1H3,(H3,17,19,21)(H2,18,20,22). The number of hydrogen-bond acceptors (Lipinski definition) is 2. The van der Waals surface area contributed by atoms with Gasteiger partial charge in [-0.2, -0.15) is 0 Å². The van der Waals surface area contributed by atoms with E-state index in [0.717, 1.165) is 18.4 Å². The van der Waals surface area contributed by atoms with Crippen LogP contribution in [0.15, 0.2) is 24.3 Å². The highest BCUT2D eigenvalue weighted by atomic mass is 16.2. The molecule has 0 bridgehead atoms. The number of primary amides is 1. The van der Waals surface area contributed by atoms with Gasteiger partial charge in [-0.25, -0.2) is 9.59 Å². The number of nitrogens with two attached hydrogens (primary N) is 1. The van der Waals surface area contributed by atoms with Gasteiger partial charge in [0.2, 0.25) is 0 Å². The van der Waals surface area contributed by atoms with Gasteiger partial charge in [0.05, 0.1) is 6.04 Å². The predicted octanol–water partition coefficient (Wildman–Crippen LogP) is 2.87. The first-order chi connectivity index (χ1) is 10.5. The van der Waals surface area contributed by atoms with E-state index in [1.165, 1.54) is 19.3 Å². The van der Waals surface area contributed by atoms with Crippen molar-refractivity contribution < 1.29 is 9.59 Å². The predicted molar refractivity (Wildman–Crippen MR) is 86.6 cm³/mol. The molecule has 5 N–H and O–H groups in total. The molecule has 22 heavy (non-hydrogen) atoms. The first kappa shape index (κ1) is 16.1. The van der Waals surface area contributed by atoms with Crippen molar-refractivity contribution >= 4 is 17.7 Å². The average Bonchev–Trinajstić information content (AvgIpc) is 2.48. The third-order valence-corrected chi connectivity index (χ3v) is 3.97. The number of carbonyl (C=O) groups excluding carboxylic acids is 2. The van der Waals surface area contributed by atoms with E-state index in [1.54, 1.807) is 12.1 Å². The zero-order valence-electron chi connectivity index (χ0n) is 12.9. The van der Waals surface area contributed by atoms with Crippen molar-refractivity contribution in [2.45, 2.75) is 51.1 Å². The third-order valence-electron chi connectivity index (χ3n) is 3.97. The number of carbonyl (C=O) groups is 2. The van der Waals surface area contributed by atoms with Crippen LogP contribution in [0.25, 0.3) is 0 Å². The van der Waals surface area contributed by atoms with Gasteiger partial charge in [0.15, 0.2) is 0 Å². The smallest absolute Gasteiger partial charge is 0.316 e. The quantitative estimate of drug-likeness (QED) is 0.688. The van der Waals surface area contributed by atoms with Crippen LogP contribution in [0.3, 0.4) is 0 Å². The minimum absolute atomic E-state index is 0.105. The molecule has 1 aromatic carbocycles. The molecule has 1 unspecified atom stereocenters. The second kappa shape index (κ2) is 7.68. The molecular formula is C16H24N4O2. The van der Waals surface area contributed by atoms with Crippen molar-refractivity contribution in [1.82, 2.24) is 10.6 Å². The van der Waals surface area contributed by atoms with Crippen molar-refractivity contribution in [2.75, 3.05) is 5.32 Å². The highest BCUT2D eigenvalue weighted by Crippen LogP contribution is 2.18. The van der Waals surface area contributed by atoms with E-state index in [1.807, 2.05) is 19.1 Å². The summed E-state index contributed by atoms with van der Waals surface area (Å²) >= 11 is 0. The zero-order valence-corrected chi connectivity index (χ0v) is 12.9. The first-order valence-corrected chi connectivity index (χ1v) is 7.78. The molecular weight excluding hydrogens is 280 g/mol. The van der Waals surface area contributed by atoms with Crippen molar-refractivity contribution in [3.63, 3.8) is 0 Å². The van der Waals surface area contributed by atoms with E-state index >= 15 is 0 Å². The number of anilines is 1. The zero-order chi connectivity index (χ0) is 15.9. The second-order valence-corrected chi connectivity index (χ2v) is 5.79. The van der Waals surface area contributed by atoms with Gasteiger partial charge < -0.3 is 21.7 Å². The van der Waals surface area contributed by atoms with Gasteiger partial charge in [0.1, 0.15) is 0 Å². The van der Waals surface area contributed by atoms with Crippen LogP contribution in [0.5, 0.6) is 0 Å². The number of benzene rings is 1. The first-order valence-electron chi connectivity index (χ1n) is 7.78. The Bertz CT molecular complexity index is 509. The van der Waals surface area contributed by atoms with Crippen LogP contribution in [-0.4, -0.2) is 18.1 Å². The largest absolute Gasteiger partial charge is 0.351 e. The van der Waals surface area contributed by atoms with Crippen molar-refractivity contribution in [1.29, 1.82) is 0 Å². The van der Waals surface area contributed by atoms with Crippen LogP contribution in [0.2, 0.25) is 0 Å². The molecule has 1 aliphatic carbocycles. The van der Waals surface area contributed by atoms with Crippen molar-refractivity contribution in [2.24, 2.45) is 5.73 Å². The molecule has 4 amide bonds. The van der Waals surface area contributed by atoms with Crippen LogP contribution in [0.1, 0.15) is 50.6 Å². The van der Waals surface area contributed by atoms with Gasteiger partial charge >= 0.3 is 12.1 Å². The van der Waals surface area contributed by atoms with Crippen LogP contribution < -0.4 is 21.7 Å². The molecule has 2 rings (SSSR count). The second-order valence-electron chi connectivity index (χ2n) is 5.79. The molecule has 1 aliphatic rings. The normalized spacial score (nSPS) is 16.6. The Morgan fingerprint density at radius 1 is 1.14 bits per heavy atom. The van der Waals surface area contributed by atoms with Gasteiger partial charge in [0, 0.05) is 11.7 Å². The summed E-state index contributed by atoms with van der Waals surface area (Å²) in [6, 6.07) is 6.71. The van der Waals surface area contributed by atoms with Crippen molar-refractivity contribution in [3.05, 3.63) is 29.8 Å². The lowest BCUT2D eigenvalue weighted by atomic mass is 9.96. The molecule has 0 aromatic heterocycles. The Balaban J connectivity index is 1.83. The number of hydrogen-bond donors (Lipinski definition) is 4. The van der Waals surface area contributed by atoms with Crippen LogP contribution >= 0.6 is 0 Å². The van der Waals surface area contributed by atoms with Gasteiger partial charge in [0.25, 0.3) is 0 Å². The lowest BCUT2D eigenvalue weighted by molar-refractivity contribution is 0.229. The van der Waals surface area contributed by atoms with E-state index in [-0.39, 0.29) is 12.1 Å². The van der Waals surface area contributed by atoms with E-state index in [0.29, 0.717) is 11.7 Å². The van der Waals surface area contributed by atoms with Crippen LogP contribution in [-0.2, 0) is 0 Å². The molecule has 0 aliphatic heterocycles. The molecule has 6 nitrogen and oxygen atoms in total. The monoisotopic (exact) mass is 304 g/mol. The number of amides is 4. The summed E-state index contributed by atoms with van der Waals surface area (Å²) < 4.78 is 0. The van der Waals surface area contributed by atoms with Gasteiger partial charge in [-0.05, 0) is 37.5 Å². The Kier molecular flexibility index (Phi) is 5.63. The summed E-state index contributed by atoms with van der Waals surface area (Å²) in [5, 5.41) is 8.48. The number of urea groups is 2. The lowest BCUT2D eigenvalue weighted by Gasteiger charge is -2.24. The Morgan fingerprint density at radius 3 is 2.36 bits per heavy atom. The van der Waals surface area contributed by atoms with Crippen LogP contribution in [0, 0.1) is 0 Å². The Morgan fingerprint density at radius 2 is 1.77 bits per heavy atom.